The van der Waals surface area contributed by atoms with Crippen LogP contribution in [-0.2, 0) is 9.84 Å². The zero-order valence-corrected chi connectivity index (χ0v) is 12.4. The second-order valence-electron chi connectivity index (χ2n) is 4.64. The predicted molar refractivity (Wildman–Crippen MR) is 76.6 cm³/mol. The first-order chi connectivity index (χ1) is 9.82. The van der Waals surface area contributed by atoms with Gasteiger partial charge in [0, 0.05) is 6.26 Å². The highest BCUT2D eigenvalue weighted by molar-refractivity contribution is 7.90. The molecule has 0 radical (unpaired) electrons. The summed E-state index contributed by atoms with van der Waals surface area (Å²) in [6, 6.07) is 10.00. The van der Waals surface area contributed by atoms with Gasteiger partial charge in [0.1, 0.15) is 6.10 Å². The van der Waals surface area contributed by atoms with Crippen LogP contribution in [0.15, 0.2) is 47.4 Å². The van der Waals surface area contributed by atoms with E-state index >= 15 is 0 Å². The lowest BCUT2D eigenvalue weighted by Gasteiger charge is -2.13. The Morgan fingerprint density at radius 1 is 1.10 bits per heavy atom. The third-order valence-corrected chi connectivity index (χ3v) is 4.24. The fourth-order valence-corrected chi connectivity index (χ4v) is 2.57. The molecule has 1 N–H and O–H groups in total. The molecular weight excluding hydrogens is 295 g/mol. The zero-order chi connectivity index (χ0) is 15.6. The molecule has 0 spiro atoms. The summed E-state index contributed by atoms with van der Waals surface area (Å²) in [5.74, 6) is -0.472. The Morgan fingerprint density at radius 2 is 1.67 bits per heavy atom. The molecule has 0 aliphatic rings. The third-order valence-electron chi connectivity index (χ3n) is 3.12. The van der Waals surface area contributed by atoms with Crippen LogP contribution in [0.25, 0.3) is 0 Å². The molecular formula is C15H15FO4S. The number of aliphatic hydroxyl groups is 1. The van der Waals surface area contributed by atoms with E-state index in [4.69, 9.17) is 4.74 Å². The molecule has 2 rings (SSSR count). The van der Waals surface area contributed by atoms with Crippen LogP contribution in [0.1, 0.15) is 17.2 Å². The predicted octanol–water partition coefficient (Wildman–Crippen LogP) is 2.32. The van der Waals surface area contributed by atoms with Crippen molar-refractivity contribution < 1.29 is 22.7 Å². The van der Waals surface area contributed by atoms with E-state index in [1.165, 1.54) is 43.5 Å². The van der Waals surface area contributed by atoms with Crippen LogP contribution in [0, 0.1) is 5.82 Å². The molecule has 0 heterocycles. The van der Waals surface area contributed by atoms with Crippen LogP contribution < -0.4 is 4.74 Å². The highest BCUT2D eigenvalue weighted by atomic mass is 32.2. The van der Waals surface area contributed by atoms with Crippen molar-refractivity contribution in [3.05, 3.63) is 59.4 Å². The Hall–Kier alpha value is -1.92. The van der Waals surface area contributed by atoms with Crippen molar-refractivity contribution >= 4 is 9.84 Å². The molecule has 0 aromatic heterocycles. The van der Waals surface area contributed by atoms with Gasteiger partial charge in [0.2, 0.25) is 0 Å². The molecule has 0 saturated carbocycles. The highest BCUT2D eigenvalue weighted by Crippen LogP contribution is 2.26. The van der Waals surface area contributed by atoms with Gasteiger partial charge < -0.3 is 9.84 Å². The summed E-state index contributed by atoms with van der Waals surface area (Å²) in [4.78, 5) is 0.166. The summed E-state index contributed by atoms with van der Waals surface area (Å²) in [5.41, 5.74) is 0.840. The van der Waals surface area contributed by atoms with Crippen LogP contribution in [0.5, 0.6) is 5.75 Å². The fraction of sp³-hybridized carbons (Fsp3) is 0.200. The second-order valence-corrected chi connectivity index (χ2v) is 6.65. The molecule has 0 aliphatic carbocycles. The van der Waals surface area contributed by atoms with Gasteiger partial charge in [0.05, 0.1) is 12.0 Å². The first-order valence-corrected chi connectivity index (χ1v) is 8.03. The molecule has 0 aliphatic heterocycles. The van der Waals surface area contributed by atoms with Crippen molar-refractivity contribution in [2.45, 2.75) is 11.0 Å². The van der Waals surface area contributed by atoms with E-state index in [-0.39, 0.29) is 10.6 Å². The Bertz CT molecular complexity index is 739. The Morgan fingerprint density at radius 3 is 2.14 bits per heavy atom. The molecule has 0 fully saturated rings. The standard InChI is InChI=1S/C15H15FO4S/c1-20-14-8-5-11(9-13(14)16)15(17)10-3-6-12(7-4-10)21(2,18)19/h3-9,15,17H,1-2H3. The first-order valence-electron chi connectivity index (χ1n) is 6.14. The van der Waals surface area contributed by atoms with E-state index in [1.807, 2.05) is 0 Å². The Kier molecular flexibility index (Phi) is 4.29. The molecule has 21 heavy (non-hydrogen) atoms. The van der Waals surface area contributed by atoms with Crippen LogP contribution >= 0.6 is 0 Å². The van der Waals surface area contributed by atoms with E-state index in [1.54, 1.807) is 6.07 Å². The Labute approximate surface area is 122 Å². The van der Waals surface area contributed by atoms with Crippen LogP contribution in [0.2, 0.25) is 0 Å². The number of halogens is 1. The van der Waals surface area contributed by atoms with Crippen LogP contribution in [-0.4, -0.2) is 26.9 Å². The minimum Gasteiger partial charge on any atom is -0.494 e. The summed E-state index contributed by atoms with van der Waals surface area (Å²) < 4.78 is 41.2. The monoisotopic (exact) mass is 310 g/mol. The van der Waals surface area contributed by atoms with E-state index in [9.17, 15) is 17.9 Å². The lowest BCUT2D eigenvalue weighted by Crippen LogP contribution is -2.02. The van der Waals surface area contributed by atoms with Gasteiger partial charge in [-0.1, -0.05) is 18.2 Å². The molecule has 1 atom stereocenters. The summed E-state index contributed by atoms with van der Waals surface area (Å²) in [5, 5.41) is 10.2. The number of ether oxygens (including phenoxy) is 1. The van der Waals surface area contributed by atoms with Crippen molar-refractivity contribution in [2.24, 2.45) is 0 Å². The average Bonchev–Trinajstić information content (AvgIpc) is 2.45. The number of hydrogen-bond acceptors (Lipinski definition) is 4. The van der Waals surface area contributed by atoms with Crippen molar-refractivity contribution in [2.75, 3.05) is 13.4 Å². The zero-order valence-electron chi connectivity index (χ0n) is 11.6. The number of benzene rings is 2. The molecule has 1 unspecified atom stereocenters. The fourth-order valence-electron chi connectivity index (χ4n) is 1.94. The van der Waals surface area contributed by atoms with Crippen molar-refractivity contribution in [1.82, 2.24) is 0 Å². The van der Waals surface area contributed by atoms with E-state index < -0.39 is 21.8 Å². The van der Waals surface area contributed by atoms with Gasteiger partial charge in [-0.3, -0.25) is 0 Å². The number of hydrogen-bond donors (Lipinski definition) is 1. The maximum Gasteiger partial charge on any atom is 0.175 e. The molecule has 6 heteroatoms. The minimum atomic E-state index is -3.28. The molecule has 2 aromatic rings. The average molecular weight is 310 g/mol. The molecule has 0 bridgehead atoms. The molecule has 0 amide bonds. The third kappa shape index (κ3) is 3.40. The summed E-state index contributed by atoms with van der Waals surface area (Å²) in [7, 11) is -1.92. The largest absolute Gasteiger partial charge is 0.494 e. The van der Waals surface area contributed by atoms with Gasteiger partial charge in [0.25, 0.3) is 0 Å². The number of aliphatic hydroxyl groups excluding tert-OH is 1. The number of methoxy groups -OCH3 is 1. The van der Waals surface area contributed by atoms with Gasteiger partial charge in [-0.25, -0.2) is 12.8 Å². The molecule has 4 nitrogen and oxygen atoms in total. The van der Waals surface area contributed by atoms with Crippen LogP contribution in [0.3, 0.4) is 0 Å². The summed E-state index contributed by atoms with van der Waals surface area (Å²) in [6.45, 7) is 0. The number of sulfone groups is 1. The maximum atomic E-state index is 13.6. The highest BCUT2D eigenvalue weighted by Gasteiger charge is 2.14. The first kappa shape index (κ1) is 15.5. The summed E-state index contributed by atoms with van der Waals surface area (Å²) >= 11 is 0. The lowest BCUT2D eigenvalue weighted by atomic mass is 10.0. The Balaban J connectivity index is 2.31. The van der Waals surface area contributed by atoms with E-state index in [0.717, 1.165) is 6.26 Å². The van der Waals surface area contributed by atoms with Crippen molar-refractivity contribution in [3.63, 3.8) is 0 Å². The maximum absolute atomic E-state index is 13.6. The molecule has 112 valence electrons. The normalized spacial score (nSPS) is 13.0. The van der Waals surface area contributed by atoms with Gasteiger partial charge in [-0.05, 0) is 35.4 Å². The SMILES string of the molecule is COc1ccc(C(O)c2ccc(S(C)(=O)=O)cc2)cc1F. The number of rotatable bonds is 4. The van der Waals surface area contributed by atoms with Gasteiger partial charge in [0.15, 0.2) is 21.4 Å². The van der Waals surface area contributed by atoms with E-state index in [0.29, 0.717) is 11.1 Å². The summed E-state index contributed by atoms with van der Waals surface area (Å²) in [6.07, 6.45) is 0.0658. The lowest BCUT2D eigenvalue weighted by molar-refractivity contribution is 0.219. The van der Waals surface area contributed by atoms with Crippen LogP contribution in [0.4, 0.5) is 4.39 Å². The van der Waals surface area contributed by atoms with Crippen molar-refractivity contribution in [3.8, 4) is 5.75 Å². The molecule has 2 aromatic carbocycles. The van der Waals surface area contributed by atoms with Gasteiger partial charge in [-0.15, -0.1) is 0 Å². The van der Waals surface area contributed by atoms with Gasteiger partial charge in [-0.2, -0.15) is 0 Å². The topological polar surface area (TPSA) is 63.6 Å². The van der Waals surface area contributed by atoms with Crippen molar-refractivity contribution in [1.29, 1.82) is 0 Å². The minimum absolute atomic E-state index is 0.0957. The van der Waals surface area contributed by atoms with Gasteiger partial charge >= 0.3 is 0 Å². The van der Waals surface area contributed by atoms with E-state index in [2.05, 4.69) is 0 Å². The quantitative estimate of drug-likeness (QED) is 0.941. The second kappa shape index (κ2) is 5.83. The molecule has 0 saturated heterocycles. The smallest absolute Gasteiger partial charge is 0.175 e.